The highest BCUT2D eigenvalue weighted by Crippen LogP contribution is 2.20. The topological polar surface area (TPSA) is 50.1 Å². The van der Waals surface area contributed by atoms with Gasteiger partial charge in [-0.2, -0.15) is 5.10 Å². The molecular formula is C18H26ClN3O. The van der Waals surface area contributed by atoms with Gasteiger partial charge in [0.2, 0.25) is 0 Å². The largest absolute Gasteiger partial charge is 0.389 e. The number of hydrogen-bond donors (Lipinski definition) is 2. The van der Waals surface area contributed by atoms with Crippen LogP contribution in [-0.4, -0.2) is 27.0 Å². The lowest BCUT2D eigenvalue weighted by Crippen LogP contribution is -2.39. The van der Waals surface area contributed by atoms with E-state index in [9.17, 15) is 5.11 Å². The Balaban J connectivity index is 2.13. The van der Waals surface area contributed by atoms with E-state index in [-0.39, 0.29) is 0 Å². The molecule has 1 aromatic carbocycles. The average molecular weight is 336 g/mol. The molecule has 2 N–H and O–H groups in total. The molecule has 1 heterocycles. The molecule has 0 radical (unpaired) electrons. The number of halogens is 1. The zero-order valence-electron chi connectivity index (χ0n) is 14.4. The van der Waals surface area contributed by atoms with Crippen molar-refractivity contribution in [1.29, 1.82) is 0 Å². The first-order valence-corrected chi connectivity index (χ1v) is 8.52. The van der Waals surface area contributed by atoms with Crippen LogP contribution in [0.4, 0.5) is 0 Å². The fourth-order valence-corrected chi connectivity index (χ4v) is 2.81. The van der Waals surface area contributed by atoms with Gasteiger partial charge >= 0.3 is 0 Å². The van der Waals surface area contributed by atoms with Gasteiger partial charge in [0.15, 0.2) is 0 Å². The Kier molecular flexibility index (Phi) is 5.84. The molecule has 0 aliphatic carbocycles. The van der Waals surface area contributed by atoms with E-state index in [4.69, 9.17) is 11.6 Å². The minimum absolute atomic E-state index is 0.588. The Labute approximate surface area is 143 Å². The van der Waals surface area contributed by atoms with E-state index in [0.29, 0.717) is 13.1 Å². The lowest BCUT2D eigenvalue weighted by Gasteiger charge is -2.25. The lowest BCUT2D eigenvalue weighted by molar-refractivity contribution is 0.0323. The molecule has 0 aliphatic rings. The summed E-state index contributed by atoms with van der Waals surface area (Å²) in [5.41, 5.74) is 3.65. The van der Waals surface area contributed by atoms with Crippen molar-refractivity contribution in [1.82, 2.24) is 15.1 Å². The highest BCUT2D eigenvalue weighted by Gasteiger charge is 2.22. The molecule has 1 aromatic heterocycles. The van der Waals surface area contributed by atoms with Crippen LogP contribution in [0, 0.1) is 13.8 Å². The Hall–Kier alpha value is -1.36. The normalized spacial score (nSPS) is 11.9. The molecule has 0 atom stereocenters. The van der Waals surface area contributed by atoms with Gasteiger partial charge in [0.1, 0.15) is 0 Å². The Bertz CT molecular complexity index is 645. The highest BCUT2D eigenvalue weighted by atomic mass is 35.5. The minimum Gasteiger partial charge on any atom is -0.389 e. The SMILES string of the molecule is CCC(O)(CC)CNCc1c(C)nn(-c2ccc(Cl)cc2)c1C. The van der Waals surface area contributed by atoms with Crippen molar-refractivity contribution in [3.05, 3.63) is 46.2 Å². The maximum atomic E-state index is 10.4. The van der Waals surface area contributed by atoms with Crippen LogP contribution in [0.15, 0.2) is 24.3 Å². The van der Waals surface area contributed by atoms with Crippen LogP contribution in [0.2, 0.25) is 5.02 Å². The van der Waals surface area contributed by atoms with Crippen molar-refractivity contribution in [2.45, 2.75) is 52.7 Å². The van der Waals surface area contributed by atoms with Gasteiger partial charge in [0, 0.05) is 29.4 Å². The van der Waals surface area contributed by atoms with Crippen LogP contribution in [0.1, 0.15) is 43.6 Å². The summed E-state index contributed by atoms with van der Waals surface area (Å²) in [6.45, 7) is 9.40. The minimum atomic E-state index is -0.631. The van der Waals surface area contributed by atoms with Crippen LogP contribution in [0.3, 0.4) is 0 Å². The van der Waals surface area contributed by atoms with Crippen molar-refractivity contribution in [3.63, 3.8) is 0 Å². The van der Waals surface area contributed by atoms with Crippen molar-refractivity contribution >= 4 is 11.6 Å². The molecule has 0 aliphatic heterocycles. The van der Waals surface area contributed by atoms with Gasteiger partial charge in [-0.25, -0.2) is 4.68 Å². The summed E-state index contributed by atoms with van der Waals surface area (Å²) < 4.78 is 1.94. The molecule has 5 heteroatoms. The standard InChI is InChI=1S/C18H26ClN3O/c1-5-18(23,6-2)12-20-11-17-13(3)21-22(14(17)4)16-9-7-15(19)8-10-16/h7-10,20,23H,5-6,11-12H2,1-4H3. The van der Waals surface area contributed by atoms with Gasteiger partial charge in [0.05, 0.1) is 17.0 Å². The van der Waals surface area contributed by atoms with Crippen LogP contribution in [0.5, 0.6) is 0 Å². The van der Waals surface area contributed by atoms with Gasteiger partial charge in [-0.3, -0.25) is 0 Å². The van der Waals surface area contributed by atoms with Gasteiger partial charge in [-0.05, 0) is 51.0 Å². The van der Waals surface area contributed by atoms with Crippen molar-refractivity contribution in [2.24, 2.45) is 0 Å². The van der Waals surface area contributed by atoms with Gasteiger partial charge in [-0.15, -0.1) is 0 Å². The van der Waals surface area contributed by atoms with Crippen molar-refractivity contribution in [2.75, 3.05) is 6.54 Å². The van der Waals surface area contributed by atoms with Crippen LogP contribution in [-0.2, 0) is 6.54 Å². The van der Waals surface area contributed by atoms with E-state index in [1.165, 1.54) is 5.56 Å². The summed E-state index contributed by atoms with van der Waals surface area (Å²) in [6, 6.07) is 7.67. The molecule has 0 saturated heterocycles. The van der Waals surface area contributed by atoms with Crippen LogP contribution in [0.25, 0.3) is 5.69 Å². The van der Waals surface area contributed by atoms with E-state index in [1.54, 1.807) is 0 Å². The first-order chi connectivity index (χ1) is 10.9. The molecule has 4 nitrogen and oxygen atoms in total. The zero-order chi connectivity index (χ0) is 17.0. The molecule has 2 aromatic rings. The second-order valence-corrected chi connectivity index (χ2v) is 6.51. The fourth-order valence-electron chi connectivity index (χ4n) is 2.68. The van der Waals surface area contributed by atoms with Crippen LogP contribution >= 0.6 is 11.6 Å². The zero-order valence-corrected chi connectivity index (χ0v) is 15.1. The molecule has 0 spiro atoms. The van der Waals surface area contributed by atoms with Gasteiger partial charge in [-0.1, -0.05) is 25.4 Å². The van der Waals surface area contributed by atoms with E-state index < -0.39 is 5.60 Å². The second kappa shape index (κ2) is 7.47. The summed E-state index contributed by atoms with van der Waals surface area (Å²) in [5.74, 6) is 0. The van der Waals surface area contributed by atoms with Crippen molar-refractivity contribution in [3.8, 4) is 5.69 Å². The number of rotatable bonds is 7. The molecule has 0 bridgehead atoms. The van der Waals surface area contributed by atoms with Crippen molar-refractivity contribution < 1.29 is 5.11 Å². The number of hydrogen-bond acceptors (Lipinski definition) is 3. The van der Waals surface area contributed by atoms with E-state index in [2.05, 4.69) is 17.3 Å². The number of aryl methyl sites for hydroxylation is 1. The number of aliphatic hydroxyl groups is 1. The monoisotopic (exact) mass is 335 g/mol. The summed E-state index contributed by atoms with van der Waals surface area (Å²) in [5, 5.41) is 19.1. The molecule has 2 rings (SSSR count). The molecular weight excluding hydrogens is 310 g/mol. The number of benzene rings is 1. The molecule has 0 saturated carbocycles. The lowest BCUT2D eigenvalue weighted by atomic mass is 9.97. The number of nitrogens with one attached hydrogen (secondary N) is 1. The Morgan fingerprint density at radius 1 is 1.17 bits per heavy atom. The van der Waals surface area contributed by atoms with Gasteiger partial charge in [0.25, 0.3) is 0 Å². The predicted molar refractivity (Wildman–Crippen MR) is 95.3 cm³/mol. The smallest absolute Gasteiger partial charge is 0.0766 e. The Morgan fingerprint density at radius 3 is 2.35 bits per heavy atom. The Morgan fingerprint density at radius 2 is 1.78 bits per heavy atom. The summed E-state index contributed by atoms with van der Waals surface area (Å²) in [7, 11) is 0. The number of nitrogens with zero attached hydrogens (tertiary/aromatic N) is 2. The molecule has 23 heavy (non-hydrogen) atoms. The van der Waals surface area contributed by atoms with Gasteiger partial charge < -0.3 is 10.4 Å². The highest BCUT2D eigenvalue weighted by molar-refractivity contribution is 6.30. The number of aromatic nitrogens is 2. The first-order valence-electron chi connectivity index (χ1n) is 8.14. The quantitative estimate of drug-likeness (QED) is 0.809. The fraction of sp³-hybridized carbons (Fsp3) is 0.500. The van der Waals surface area contributed by atoms with E-state index >= 15 is 0 Å². The third-order valence-electron chi connectivity index (χ3n) is 4.58. The third-order valence-corrected chi connectivity index (χ3v) is 4.84. The van der Waals surface area contributed by atoms with Crippen LogP contribution < -0.4 is 5.32 Å². The summed E-state index contributed by atoms with van der Waals surface area (Å²) in [6.07, 6.45) is 1.50. The third kappa shape index (κ3) is 4.14. The second-order valence-electron chi connectivity index (χ2n) is 6.07. The molecule has 0 amide bonds. The summed E-state index contributed by atoms with van der Waals surface area (Å²) >= 11 is 5.95. The summed E-state index contributed by atoms with van der Waals surface area (Å²) in [4.78, 5) is 0. The maximum Gasteiger partial charge on any atom is 0.0766 e. The maximum absolute atomic E-state index is 10.4. The van der Waals surface area contributed by atoms with E-state index in [0.717, 1.165) is 34.9 Å². The predicted octanol–water partition coefficient (Wildman–Crippen LogP) is 3.78. The molecule has 0 fully saturated rings. The average Bonchev–Trinajstić information content (AvgIpc) is 2.83. The van der Waals surface area contributed by atoms with E-state index in [1.807, 2.05) is 49.7 Å². The molecule has 0 unspecified atom stereocenters. The first kappa shape index (κ1) is 18.0. The molecule has 126 valence electrons.